The van der Waals surface area contributed by atoms with E-state index in [0.29, 0.717) is 36.0 Å². The second-order valence-corrected chi connectivity index (χ2v) is 8.43. The Morgan fingerprint density at radius 3 is 2.45 bits per heavy atom. The number of hydrogen-bond acceptors (Lipinski definition) is 5. The minimum Gasteiger partial charge on any atom is -0.379 e. The lowest BCUT2D eigenvalue weighted by Crippen LogP contribution is -2.39. The van der Waals surface area contributed by atoms with Crippen LogP contribution in [0.25, 0.3) is 10.2 Å². The standard InChI is InChI=1S/C22H21F4N3O2S.ClH/c23-17-3-1-4-18-19(17)27-21(32-18)29(10-2-9-28-11-13-31-14-12-28)20(30)15-5-7-16(8-6-15)22(24,25)26;/h1,3-8H,2,9-14H2;1H. The van der Waals surface area contributed by atoms with Gasteiger partial charge in [0.2, 0.25) is 0 Å². The zero-order chi connectivity index (χ0) is 22.7. The number of benzene rings is 2. The summed E-state index contributed by atoms with van der Waals surface area (Å²) >= 11 is 1.18. The molecular formula is C22H22ClF4N3O2S. The number of amides is 1. The van der Waals surface area contributed by atoms with Crippen molar-refractivity contribution >= 4 is 45.0 Å². The molecule has 1 aliphatic rings. The molecule has 0 saturated carbocycles. The molecule has 1 fully saturated rings. The van der Waals surface area contributed by atoms with Gasteiger partial charge in [-0.05, 0) is 42.8 Å². The quantitative estimate of drug-likeness (QED) is 0.431. The molecule has 2 heterocycles. The van der Waals surface area contributed by atoms with E-state index in [-0.39, 0.29) is 23.5 Å². The average Bonchev–Trinajstić information content (AvgIpc) is 3.22. The predicted molar refractivity (Wildman–Crippen MR) is 122 cm³/mol. The SMILES string of the molecule is Cl.O=C(c1ccc(C(F)(F)F)cc1)N(CCCN1CCOCC1)c1nc2c(F)cccc2s1. The Balaban J connectivity index is 0.00000306. The predicted octanol–water partition coefficient (Wildman–Crippen LogP) is 5.25. The molecule has 0 N–H and O–H groups in total. The smallest absolute Gasteiger partial charge is 0.379 e. The number of rotatable bonds is 6. The van der Waals surface area contributed by atoms with Crippen LogP contribution < -0.4 is 4.90 Å². The maximum atomic E-state index is 14.2. The largest absolute Gasteiger partial charge is 0.416 e. The number of hydrogen-bond donors (Lipinski definition) is 0. The van der Waals surface area contributed by atoms with E-state index in [1.807, 2.05) is 0 Å². The fraction of sp³-hybridized carbons (Fsp3) is 0.364. The van der Waals surface area contributed by atoms with Gasteiger partial charge in [-0.25, -0.2) is 9.37 Å². The van der Waals surface area contributed by atoms with Gasteiger partial charge in [-0.3, -0.25) is 14.6 Å². The van der Waals surface area contributed by atoms with Gasteiger partial charge in [0, 0.05) is 31.7 Å². The first-order valence-corrected chi connectivity index (χ1v) is 11.0. The average molecular weight is 504 g/mol. The van der Waals surface area contributed by atoms with Crippen molar-refractivity contribution in [1.29, 1.82) is 0 Å². The van der Waals surface area contributed by atoms with Gasteiger partial charge in [0.25, 0.3) is 5.91 Å². The minimum absolute atomic E-state index is 0. The number of fused-ring (bicyclic) bond motifs is 1. The Kier molecular flexibility index (Phi) is 8.28. The molecule has 0 radical (unpaired) electrons. The topological polar surface area (TPSA) is 45.7 Å². The number of ether oxygens (including phenoxy) is 1. The number of carbonyl (C=O) groups excluding carboxylic acids is 1. The molecule has 0 bridgehead atoms. The third kappa shape index (κ3) is 6.00. The Morgan fingerprint density at radius 1 is 1.12 bits per heavy atom. The van der Waals surface area contributed by atoms with Gasteiger partial charge in [-0.2, -0.15) is 13.2 Å². The highest BCUT2D eigenvalue weighted by molar-refractivity contribution is 7.22. The third-order valence-corrected chi connectivity index (χ3v) is 6.30. The number of nitrogens with zero attached hydrogens (tertiary/aromatic N) is 3. The molecule has 33 heavy (non-hydrogen) atoms. The van der Waals surface area contributed by atoms with Gasteiger partial charge in [0.15, 0.2) is 5.13 Å². The van der Waals surface area contributed by atoms with Crippen molar-refractivity contribution in [2.75, 3.05) is 44.3 Å². The maximum Gasteiger partial charge on any atom is 0.416 e. The van der Waals surface area contributed by atoms with Crippen molar-refractivity contribution in [3.8, 4) is 0 Å². The Morgan fingerprint density at radius 2 is 1.82 bits per heavy atom. The lowest BCUT2D eigenvalue weighted by molar-refractivity contribution is -0.137. The van der Waals surface area contributed by atoms with Crippen molar-refractivity contribution in [3.63, 3.8) is 0 Å². The summed E-state index contributed by atoms with van der Waals surface area (Å²) < 4.78 is 58.8. The van der Waals surface area contributed by atoms with Crippen molar-refractivity contribution in [1.82, 2.24) is 9.88 Å². The number of aromatic nitrogens is 1. The number of morpholine rings is 1. The Hall–Kier alpha value is -2.27. The summed E-state index contributed by atoms with van der Waals surface area (Å²) in [6, 6.07) is 8.68. The van der Waals surface area contributed by atoms with E-state index < -0.39 is 23.5 Å². The summed E-state index contributed by atoms with van der Waals surface area (Å²) in [6.45, 7) is 3.97. The first-order chi connectivity index (χ1) is 15.3. The van der Waals surface area contributed by atoms with Crippen LogP contribution in [-0.4, -0.2) is 55.2 Å². The first-order valence-electron chi connectivity index (χ1n) is 10.2. The first kappa shape index (κ1) is 25.4. The molecule has 0 spiro atoms. The van der Waals surface area contributed by atoms with Gasteiger partial charge >= 0.3 is 6.18 Å². The third-order valence-electron chi connectivity index (χ3n) is 5.25. The van der Waals surface area contributed by atoms with E-state index in [2.05, 4.69) is 9.88 Å². The molecule has 1 aliphatic heterocycles. The molecule has 5 nitrogen and oxygen atoms in total. The van der Waals surface area contributed by atoms with Gasteiger partial charge in [0.1, 0.15) is 11.3 Å². The van der Waals surface area contributed by atoms with Crippen molar-refractivity contribution in [3.05, 3.63) is 59.4 Å². The van der Waals surface area contributed by atoms with E-state index in [9.17, 15) is 22.4 Å². The van der Waals surface area contributed by atoms with Crippen LogP contribution in [-0.2, 0) is 10.9 Å². The normalized spacial score (nSPS) is 14.8. The summed E-state index contributed by atoms with van der Waals surface area (Å²) in [7, 11) is 0. The molecule has 4 rings (SSSR count). The highest BCUT2D eigenvalue weighted by Crippen LogP contribution is 2.32. The van der Waals surface area contributed by atoms with Crippen LogP contribution in [0.3, 0.4) is 0 Å². The summed E-state index contributed by atoms with van der Waals surface area (Å²) in [5.41, 5.74) is -0.537. The van der Waals surface area contributed by atoms with Crippen molar-refractivity contribution in [2.24, 2.45) is 0 Å². The second-order valence-electron chi connectivity index (χ2n) is 7.42. The summed E-state index contributed by atoms with van der Waals surface area (Å²) in [5.74, 6) is -0.958. The zero-order valence-electron chi connectivity index (χ0n) is 17.5. The zero-order valence-corrected chi connectivity index (χ0v) is 19.1. The van der Waals surface area contributed by atoms with Crippen LogP contribution in [0.4, 0.5) is 22.7 Å². The monoisotopic (exact) mass is 503 g/mol. The molecule has 1 saturated heterocycles. The molecule has 2 aromatic carbocycles. The molecule has 3 aromatic rings. The van der Waals surface area contributed by atoms with Gasteiger partial charge < -0.3 is 4.74 Å². The van der Waals surface area contributed by atoms with E-state index >= 15 is 0 Å². The number of carbonyl (C=O) groups is 1. The number of anilines is 1. The lowest BCUT2D eigenvalue weighted by Gasteiger charge is -2.27. The van der Waals surface area contributed by atoms with Gasteiger partial charge in [0.05, 0.1) is 23.5 Å². The van der Waals surface area contributed by atoms with Gasteiger partial charge in [-0.1, -0.05) is 17.4 Å². The molecule has 1 amide bonds. The molecule has 0 atom stereocenters. The van der Waals surface area contributed by atoms with Crippen LogP contribution >= 0.6 is 23.7 Å². The number of para-hydroxylation sites is 1. The summed E-state index contributed by atoms with van der Waals surface area (Å²) in [5, 5.41) is 0.317. The van der Waals surface area contributed by atoms with Crippen LogP contribution in [0.5, 0.6) is 0 Å². The minimum atomic E-state index is -4.48. The van der Waals surface area contributed by atoms with Crippen LogP contribution in [0, 0.1) is 5.82 Å². The van der Waals surface area contributed by atoms with Gasteiger partial charge in [-0.15, -0.1) is 12.4 Å². The molecule has 0 aliphatic carbocycles. The second kappa shape index (κ2) is 10.8. The fourth-order valence-corrected chi connectivity index (χ4v) is 4.54. The maximum absolute atomic E-state index is 14.2. The number of halogens is 5. The molecular weight excluding hydrogens is 482 g/mol. The Labute approximate surface area is 198 Å². The summed E-state index contributed by atoms with van der Waals surface area (Å²) in [4.78, 5) is 21.2. The highest BCUT2D eigenvalue weighted by atomic mass is 35.5. The van der Waals surface area contributed by atoms with Crippen LogP contribution in [0.1, 0.15) is 22.3 Å². The molecule has 1 aromatic heterocycles. The van der Waals surface area contributed by atoms with Crippen molar-refractivity contribution < 1.29 is 27.1 Å². The summed E-state index contributed by atoms with van der Waals surface area (Å²) in [6.07, 6.45) is -3.85. The molecule has 178 valence electrons. The van der Waals surface area contributed by atoms with E-state index in [0.717, 1.165) is 43.9 Å². The van der Waals surface area contributed by atoms with Crippen LogP contribution in [0.15, 0.2) is 42.5 Å². The lowest BCUT2D eigenvalue weighted by atomic mass is 10.1. The molecule has 0 unspecified atom stereocenters. The van der Waals surface area contributed by atoms with Crippen molar-refractivity contribution in [2.45, 2.75) is 12.6 Å². The number of alkyl halides is 3. The van der Waals surface area contributed by atoms with E-state index in [1.54, 1.807) is 12.1 Å². The number of thiazole rings is 1. The van der Waals surface area contributed by atoms with E-state index in [1.165, 1.54) is 22.3 Å². The molecule has 11 heteroatoms. The van der Waals surface area contributed by atoms with E-state index in [4.69, 9.17) is 4.74 Å². The Bertz CT molecular complexity index is 1090. The highest BCUT2D eigenvalue weighted by Gasteiger charge is 2.31. The fourth-order valence-electron chi connectivity index (χ4n) is 3.54. The van der Waals surface area contributed by atoms with Crippen LogP contribution in [0.2, 0.25) is 0 Å².